The Bertz CT molecular complexity index is 919. The van der Waals surface area contributed by atoms with Gasteiger partial charge < -0.3 is 10.5 Å². The van der Waals surface area contributed by atoms with Crippen molar-refractivity contribution in [1.82, 2.24) is 4.90 Å². The molecule has 2 N–H and O–H groups in total. The summed E-state index contributed by atoms with van der Waals surface area (Å²) < 4.78 is 44.3. The molecule has 0 spiro atoms. The molecule has 0 aromatic heterocycles. The Kier molecular flexibility index (Phi) is 6.02. The number of anilines is 1. The largest absolute Gasteiger partial charge is 0.447 e. The molecule has 1 saturated heterocycles. The zero-order chi connectivity index (χ0) is 21.2. The summed E-state index contributed by atoms with van der Waals surface area (Å²) in [5.41, 5.74) is 4.96. The Labute approximate surface area is 170 Å². The molecule has 9 heteroatoms. The number of imide groups is 1. The second kappa shape index (κ2) is 8.32. The summed E-state index contributed by atoms with van der Waals surface area (Å²) in [4.78, 5) is 25.7. The average Bonchev–Trinajstić information content (AvgIpc) is 3.02. The number of hydrogen-bond donors (Lipinski definition) is 1. The molecule has 0 unspecified atom stereocenters. The first kappa shape index (κ1) is 21.0. The minimum absolute atomic E-state index is 0.0241. The van der Waals surface area contributed by atoms with Crippen LogP contribution in [-0.2, 0) is 28.5 Å². The average molecular weight is 427 g/mol. The van der Waals surface area contributed by atoms with Gasteiger partial charge in [-0.15, -0.1) is 0 Å². The lowest BCUT2D eigenvalue weighted by Gasteiger charge is -2.20. The Morgan fingerprint density at radius 2 is 1.90 bits per heavy atom. The number of carbonyl (C=O) groups excluding carboxylic acids is 2. The summed E-state index contributed by atoms with van der Waals surface area (Å²) >= 11 is 5.81. The maximum absolute atomic E-state index is 13.1. The van der Waals surface area contributed by atoms with Gasteiger partial charge in [0, 0.05) is 6.42 Å². The first-order chi connectivity index (χ1) is 13.7. The van der Waals surface area contributed by atoms with Crippen molar-refractivity contribution in [2.24, 2.45) is 0 Å². The van der Waals surface area contributed by atoms with Crippen molar-refractivity contribution >= 4 is 29.3 Å². The van der Waals surface area contributed by atoms with Gasteiger partial charge in [-0.1, -0.05) is 41.9 Å². The lowest BCUT2D eigenvalue weighted by Crippen LogP contribution is -2.40. The fourth-order valence-electron chi connectivity index (χ4n) is 3.23. The fourth-order valence-corrected chi connectivity index (χ4v) is 3.47. The van der Waals surface area contributed by atoms with E-state index in [1.165, 1.54) is 6.07 Å². The van der Waals surface area contributed by atoms with E-state index in [0.717, 1.165) is 16.5 Å². The van der Waals surface area contributed by atoms with Gasteiger partial charge in [-0.05, 0) is 36.1 Å². The zero-order valence-corrected chi connectivity index (χ0v) is 16.0. The third-order valence-corrected chi connectivity index (χ3v) is 4.98. The van der Waals surface area contributed by atoms with Crippen LogP contribution in [0.25, 0.3) is 0 Å². The quantitative estimate of drug-likeness (QED) is 0.716. The second-order valence-corrected chi connectivity index (χ2v) is 7.13. The Morgan fingerprint density at radius 1 is 1.21 bits per heavy atom. The van der Waals surface area contributed by atoms with Crippen LogP contribution in [0.3, 0.4) is 0 Å². The number of halogens is 4. The van der Waals surface area contributed by atoms with E-state index < -0.39 is 35.5 Å². The molecule has 1 atom stereocenters. The minimum Gasteiger partial charge on any atom is -0.447 e. The van der Waals surface area contributed by atoms with Crippen LogP contribution < -0.4 is 5.73 Å². The van der Waals surface area contributed by atoms with Gasteiger partial charge in [0.1, 0.15) is 6.61 Å². The third-order valence-electron chi connectivity index (χ3n) is 4.67. The van der Waals surface area contributed by atoms with Crippen molar-refractivity contribution in [3.05, 3.63) is 64.2 Å². The number of nitrogens with two attached hydrogens (primary N) is 1. The first-order valence-electron chi connectivity index (χ1n) is 8.84. The molecule has 1 fully saturated rings. The monoisotopic (exact) mass is 426 g/mol. The lowest BCUT2D eigenvalue weighted by atomic mass is 10.0. The molecule has 29 heavy (non-hydrogen) atoms. The van der Waals surface area contributed by atoms with Crippen LogP contribution in [0.15, 0.2) is 42.5 Å². The molecule has 0 bridgehead atoms. The standard InChI is InChI=1S/C20H18ClF3N2O3/c21-16-10-13(9-15(18(16)25)20(22,23)24)6-7-17(27)26-14(11-29-19(26)28)8-12-4-2-1-3-5-12/h1-5,9-10,14H,6-8,11,25H2/t14-/m1/s1. The van der Waals surface area contributed by atoms with Crippen molar-refractivity contribution in [2.45, 2.75) is 31.5 Å². The van der Waals surface area contributed by atoms with E-state index >= 15 is 0 Å². The van der Waals surface area contributed by atoms with E-state index in [1.807, 2.05) is 30.3 Å². The number of aryl methyl sites for hydroxylation is 1. The summed E-state index contributed by atoms with van der Waals surface area (Å²) in [5.74, 6) is -0.519. The van der Waals surface area contributed by atoms with Gasteiger partial charge in [0.15, 0.2) is 0 Å². The molecular weight excluding hydrogens is 409 g/mol. The number of hydrogen-bond acceptors (Lipinski definition) is 4. The number of nitrogen functional groups attached to an aromatic ring is 1. The summed E-state index contributed by atoms with van der Waals surface area (Å²) in [6, 6.07) is 11.0. The summed E-state index contributed by atoms with van der Waals surface area (Å²) in [7, 11) is 0. The number of cyclic esters (lactones) is 1. The SMILES string of the molecule is Nc1c(Cl)cc(CCC(=O)N2C(=O)OC[C@H]2Cc2ccccc2)cc1C(F)(F)F. The highest BCUT2D eigenvalue weighted by Crippen LogP contribution is 2.38. The van der Waals surface area contributed by atoms with Gasteiger partial charge in [-0.3, -0.25) is 4.79 Å². The van der Waals surface area contributed by atoms with Crippen LogP contribution in [0.1, 0.15) is 23.1 Å². The lowest BCUT2D eigenvalue weighted by molar-refractivity contribution is -0.137. The van der Waals surface area contributed by atoms with Crippen LogP contribution >= 0.6 is 11.6 Å². The molecule has 2 amide bonds. The number of benzene rings is 2. The molecule has 2 aromatic carbocycles. The minimum atomic E-state index is -4.66. The molecule has 1 aliphatic rings. The predicted octanol–water partition coefficient (Wildman–Crippen LogP) is 4.46. The fraction of sp³-hybridized carbons (Fsp3) is 0.300. The zero-order valence-electron chi connectivity index (χ0n) is 15.2. The Balaban J connectivity index is 1.71. The number of alkyl halides is 3. The maximum atomic E-state index is 13.1. The maximum Gasteiger partial charge on any atom is 0.418 e. The van der Waals surface area contributed by atoms with E-state index in [9.17, 15) is 22.8 Å². The van der Waals surface area contributed by atoms with Gasteiger partial charge in [0.05, 0.1) is 22.3 Å². The van der Waals surface area contributed by atoms with Crippen LogP contribution in [0, 0.1) is 0 Å². The molecule has 5 nitrogen and oxygen atoms in total. The highest BCUT2D eigenvalue weighted by atomic mass is 35.5. The van der Waals surface area contributed by atoms with Gasteiger partial charge >= 0.3 is 12.3 Å². The van der Waals surface area contributed by atoms with Crippen LogP contribution in [0.5, 0.6) is 0 Å². The number of nitrogens with zero attached hydrogens (tertiary/aromatic N) is 1. The summed E-state index contributed by atoms with van der Waals surface area (Å²) in [5, 5.41) is -0.232. The van der Waals surface area contributed by atoms with Crippen molar-refractivity contribution in [3.8, 4) is 0 Å². The van der Waals surface area contributed by atoms with Gasteiger partial charge in [-0.2, -0.15) is 13.2 Å². The summed E-state index contributed by atoms with van der Waals surface area (Å²) in [6.07, 6.45) is -5.17. The molecule has 2 aromatic rings. The second-order valence-electron chi connectivity index (χ2n) is 6.72. The van der Waals surface area contributed by atoms with E-state index in [4.69, 9.17) is 22.1 Å². The Morgan fingerprint density at radius 3 is 2.55 bits per heavy atom. The number of ether oxygens (including phenoxy) is 1. The smallest absolute Gasteiger partial charge is 0.418 e. The van der Waals surface area contributed by atoms with Crippen LogP contribution in [0.4, 0.5) is 23.7 Å². The van der Waals surface area contributed by atoms with Crippen molar-refractivity contribution in [1.29, 1.82) is 0 Å². The molecular formula is C20H18ClF3N2O3. The molecule has 0 saturated carbocycles. The summed E-state index contributed by atoms with van der Waals surface area (Å²) in [6.45, 7) is 0.0748. The first-order valence-corrected chi connectivity index (χ1v) is 9.22. The number of rotatable bonds is 5. The molecule has 1 aliphatic heterocycles. The predicted molar refractivity (Wildman–Crippen MR) is 101 cm³/mol. The normalized spacial score (nSPS) is 16.8. The molecule has 154 valence electrons. The van der Waals surface area contributed by atoms with E-state index in [0.29, 0.717) is 6.42 Å². The van der Waals surface area contributed by atoms with E-state index in [-0.39, 0.29) is 30.0 Å². The topological polar surface area (TPSA) is 72.6 Å². The molecule has 1 heterocycles. The molecule has 0 aliphatic carbocycles. The van der Waals surface area contributed by atoms with Crippen molar-refractivity contribution < 1.29 is 27.5 Å². The highest BCUT2D eigenvalue weighted by Gasteiger charge is 2.38. The highest BCUT2D eigenvalue weighted by molar-refractivity contribution is 6.33. The van der Waals surface area contributed by atoms with Crippen molar-refractivity contribution in [2.75, 3.05) is 12.3 Å². The molecule has 0 radical (unpaired) electrons. The van der Waals surface area contributed by atoms with E-state index in [2.05, 4.69) is 0 Å². The van der Waals surface area contributed by atoms with Gasteiger partial charge in [0.2, 0.25) is 5.91 Å². The number of carbonyl (C=O) groups is 2. The molecule has 3 rings (SSSR count). The van der Waals surface area contributed by atoms with E-state index in [1.54, 1.807) is 0 Å². The van der Waals surface area contributed by atoms with Crippen molar-refractivity contribution in [3.63, 3.8) is 0 Å². The third kappa shape index (κ3) is 4.82. The Hall–Kier alpha value is -2.74. The van der Waals surface area contributed by atoms with Crippen LogP contribution in [-0.4, -0.2) is 29.5 Å². The van der Waals surface area contributed by atoms with Gasteiger partial charge in [0.25, 0.3) is 0 Å². The number of amides is 2. The van der Waals surface area contributed by atoms with Crippen LogP contribution in [0.2, 0.25) is 5.02 Å². The van der Waals surface area contributed by atoms with Gasteiger partial charge in [-0.25, -0.2) is 9.69 Å².